The quantitative estimate of drug-likeness (QED) is 0.893. The molecule has 1 aliphatic rings. The SMILES string of the molecule is CC(C)C(N)CCN(C)C(=O)c1ccc2c(c1)OCO2. The minimum atomic E-state index is -0.0285. The molecule has 2 N–H and O–H groups in total. The molecule has 5 heteroatoms. The van der Waals surface area contributed by atoms with Crippen molar-refractivity contribution in [2.75, 3.05) is 20.4 Å². The second-order valence-corrected chi connectivity index (χ2v) is 5.49. The van der Waals surface area contributed by atoms with Gasteiger partial charge in [-0.25, -0.2) is 0 Å². The van der Waals surface area contributed by atoms with Crippen molar-refractivity contribution in [1.29, 1.82) is 0 Å². The van der Waals surface area contributed by atoms with Crippen LogP contribution >= 0.6 is 0 Å². The van der Waals surface area contributed by atoms with E-state index in [1.54, 1.807) is 30.1 Å². The van der Waals surface area contributed by atoms with Gasteiger partial charge in [-0.3, -0.25) is 4.79 Å². The van der Waals surface area contributed by atoms with Gasteiger partial charge in [-0.15, -0.1) is 0 Å². The standard InChI is InChI=1S/C15H22N2O3/c1-10(2)12(16)6-7-17(3)15(18)11-4-5-13-14(8-11)20-9-19-13/h4-5,8,10,12H,6-7,9,16H2,1-3H3. The van der Waals surface area contributed by atoms with E-state index in [2.05, 4.69) is 13.8 Å². The Morgan fingerprint density at radius 1 is 1.35 bits per heavy atom. The number of hydrogen-bond acceptors (Lipinski definition) is 4. The van der Waals surface area contributed by atoms with E-state index in [1.807, 2.05) is 0 Å². The molecular formula is C15H22N2O3. The molecule has 1 unspecified atom stereocenters. The molecule has 2 rings (SSSR count). The van der Waals surface area contributed by atoms with E-state index in [4.69, 9.17) is 15.2 Å². The number of nitrogens with two attached hydrogens (primary N) is 1. The number of fused-ring (bicyclic) bond motifs is 1. The van der Waals surface area contributed by atoms with Crippen LogP contribution < -0.4 is 15.2 Å². The summed E-state index contributed by atoms with van der Waals surface area (Å²) in [6, 6.07) is 5.36. The summed E-state index contributed by atoms with van der Waals surface area (Å²) in [4.78, 5) is 14.0. The number of benzene rings is 1. The number of amides is 1. The Balaban J connectivity index is 1.96. The summed E-state index contributed by atoms with van der Waals surface area (Å²) in [6.45, 7) is 5.04. The maximum atomic E-state index is 12.3. The van der Waals surface area contributed by atoms with Crippen LogP contribution in [-0.2, 0) is 0 Å². The monoisotopic (exact) mass is 278 g/mol. The number of carbonyl (C=O) groups is 1. The van der Waals surface area contributed by atoms with Gasteiger partial charge in [0.1, 0.15) is 0 Å². The molecule has 0 radical (unpaired) electrons. The fourth-order valence-electron chi connectivity index (χ4n) is 2.03. The van der Waals surface area contributed by atoms with Gasteiger partial charge in [0, 0.05) is 25.2 Å². The summed E-state index contributed by atoms with van der Waals surface area (Å²) >= 11 is 0. The van der Waals surface area contributed by atoms with Crippen LogP contribution in [0.3, 0.4) is 0 Å². The van der Waals surface area contributed by atoms with E-state index in [-0.39, 0.29) is 18.7 Å². The Morgan fingerprint density at radius 2 is 2.05 bits per heavy atom. The van der Waals surface area contributed by atoms with Crippen molar-refractivity contribution in [3.05, 3.63) is 23.8 Å². The summed E-state index contributed by atoms with van der Waals surface area (Å²) in [5.41, 5.74) is 6.61. The fraction of sp³-hybridized carbons (Fsp3) is 0.533. The number of nitrogens with zero attached hydrogens (tertiary/aromatic N) is 1. The first-order valence-corrected chi connectivity index (χ1v) is 6.89. The van der Waals surface area contributed by atoms with E-state index >= 15 is 0 Å². The average molecular weight is 278 g/mol. The zero-order chi connectivity index (χ0) is 14.7. The Kier molecular flexibility index (Phi) is 4.49. The molecule has 110 valence electrons. The molecule has 0 saturated carbocycles. The minimum absolute atomic E-state index is 0.0285. The first-order chi connectivity index (χ1) is 9.49. The summed E-state index contributed by atoms with van der Waals surface area (Å²) in [5.74, 6) is 1.71. The molecule has 0 fully saturated rings. The van der Waals surface area contributed by atoms with Crippen molar-refractivity contribution in [3.8, 4) is 11.5 Å². The average Bonchev–Trinajstić information content (AvgIpc) is 2.90. The van der Waals surface area contributed by atoms with Gasteiger partial charge in [-0.2, -0.15) is 0 Å². The zero-order valence-electron chi connectivity index (χ0n) is 12.3. The number of rotatable bonds is 5. The molecule has 1 amide bonds. The van der Waals surface area contributed by atoms with Crippen LogP contribution in [0.4, 0.5) is 0 Å². The van der Waals surface area contributed by atoms with Crippen LogP contribution in [0.25, 0.3) is 0 Å². The summed E-state index contributed by atoms with van der Waals surface area (Å²) in [6.07, 6.45) is 0.796. The molecule has 1 aromatic rings. The predicted octanol–water partition coefficient (Wildman–Crippen LogP) is 1.86. The Labute approximate surface area is 119 Å². The molecule has 0 aromatic heterocycles. The molecule has 1 aliphatic heterocycles. The summed E-state index contributed by atoms with van der Waals surface area (Å²) in [7, 11) is 1.79. The number of hydrogen-bond donors (Lipinski definition) is 1. The highest BCUT2D eigenvalue weighted by Crippen LogP contribution is 2.32. The number of ether oxygens (including phenoxy) is 2. The van der Waals surface area contributed by atoms with Crippen molar-refractivity contribution in [1.82, 2.24) is 4.90 Å². The van der Waals surface area contributed by atoms with Crippen molar-refractivity contribution >= 4 is 5.91 Å². The molecule has 20 heavy (non-hydrogen) atoms. The Bertz CT molecular complexity index is 488. The molecule has 0 spiro atoms. The van der Waals surface area contributed by atoms with Crippen molar-refractivity contribution < 1.29 is 14.3 Å². The van der Waals surface area contributed by atoms with Crippen LogP contribution in [0, 0.1) is 5.92 Å². The lowest BCUT2D eigenvalue weighted by Gasteiger charge is -2.21. The molecular weight excluding hydrogens is 256 g/mol. The van der Waals surface area contributed by atoms with E-state index in [9.17, 15) is 4.79 Å². The van der Waals surface area contributed by atoms with Gasteiger partial charge in [-0.1, -0.05) is 13.8 Å². The van der Waals surface area contributed by atoms with Gasteiger partial charge < -0.3 is 20.1 Å². The summed E-state index contributed by atoms with van der Waals surface area (Å²) in [5, 5.41) is 0. The predicted molar refractivity (Wildman–Crippen MR) is 77.0 cm³/mol. The first-order valence-electron chi connectivity index (χ1n) is 6.89. The van der Waals surface area contributed by atoms with E-state index in [0.717, 1.165) is 6.42 Å². The van der Waals surface area contributed by atoms with E-state index in [1.165, 1.54) is 0 Å². The highest BCUT2D eigenvalue weighted by atomic mass is 16.7. The van der Waals surface area contributed by atoms with Gasteiger partial charge >= 0.3 is 0 Å². The number of carbonyl (C=O) groups excluding carboxylic acids is 1. The van der Waals surface area contributed by atoms with Crippen molar-refractivity contribution in [3.63, 3.8) is 0 Å². The van der Waals surface area contributed by atoms with Gasteiger partial charge in [0.15, 0.2) is 11.5 Å². The second kappa shape index (κ2) is 6.13. The van der Waals surface area contributed by atoms with Gasteiger partial charge in [0.05, 0.1) is 0 Å². The van der Waals surface area contributed by atoms with Gasteiger partial charge in [0.25, 0.3) is 5.91 Å². The molecule has 1 heterocycles. The van der Waals surface area contributed by atoms with E-state index in [0.29, 0.717) is 29.5 Å². The molecule has 1 aromatic carbocycles. The van der Waals surface area contributed by atoms with Gasteiger partial charge in [0.2, 0.25) is 6.79 Å². The van der Waals surface area contributed by atoms with Crippen molar-refractivity contribution in [2.45, 2.75) is 26.3 Å². The van der Waals surface area contributed by atoms with Crippen LogP contribution in [0.1, 0.15) is 30.6 Å². The third kappa shape index (κ3) is 3.22. The summed E-state index contributed by atoms with van der Waals surface area (Å²) < 4.78 is 10.5. The van der Waals surface area contributed by atoms with Crippen molar-refractivity contribution in [2.24, 2.45) is 11.7 Å². The topological polar surface area (TPSA) is 64.8 Å². The van der Waals surface area contributed by atoms with Crippen LogP contribution in [0.2, 0.25) is 0 Å². The largest absolute Gasteiger partial charge is 0.454 e. The second-order valence-electron chi connectivity index (χ2n) is 5.49. The highest BCUT2D eigenvalue weighted by molar-refractivity contribution is 5.94. The van der Waals surface area contributed by atoms with Crippen LogP contribution in [-0.4, -0.2) is 37.2 Å². The maximum Gasteiger partial charge on any atom is 0.253 e. The fourth-order valence-corrected chi connectivity index (χ4v) is 2.03. The minimum Gasteiger partial charge on any atom is -0.454 e. The molecule has 0 aliphatic carbocycles. The third-order valence-electron chi connectivity index (χ3n) is 3.62. The van der Waals surface area contributed by atoms with Crippen LogP contribution in [0.15, 0.2) is 18.2 Å². The normalized spacial score (nSPS) is 14.4. The first kappa shape index (κ1) is 14.7. The molecule has 0 bridgehead atoms. The lowest BCUT2D eigenvalue weighted by molar-refractivity contribution is 0.0788. The van der Waals surface area contributed by atoms with Gasteiger partial charge in [-0.05, 0) is 30.5 Å². The lowest BCUT2D eigenvalue weighted by Crippen LogP contribution is -2.34. The molecule has 1 atom stereocenters. The molecule has 5 nitrogen and oxygen atoms in total. The van der Waals surface area contributed by atoms with Crippen LogP contribution in [0.5, 0.6) is 11.5 Å². The Morgan fingerprint density at radius 3 is 2.75 bits per heavy atom. The lowest BCUT2D eigenvalue weighted by atomic mass is 10.0. The Hall–Kier alpha value is -1.75. The molecule has 0 saturated heterocycles. The smallest absolute Gasteiger partial charge is 0.253 e. The highest BCUT2D eigenvalue weighted by Gasteiger charge is 2.19. The zero-order valence-corrected chi connectivity index (χ0v) is 12.3. The maximum absolute atomic E-state index is 12.3. The third-order valence-corrected chi connectivity index (χ3v) is 3.62. The van der Waals surface area contributed by atoms with E-state index < -0.39 is 0 Å².